The Kier molecular flexibility index (Phi) is 4.47. The van der Waals surface area contributed by atoms with Gasteiger partial charge in [0.2, 0.25) is 0 Å². The molecule has 3 N–H and O–H groups in total. The smallest absolute Gasteiger partial charge is 0.336 e. The van der Waals surface area contributed by atoms with Gasteiger partial charge in [0.1, 0.15) is 0 Å². The third-order valence-electron chi connectivity index (χ3n) is 2.08. The highest BCUT2D eigenvalue weighted by molar-refractivity contribution is 5.89. The summed E-state index contributed by atoms with van der Waals surface area (Å²) >= 11 is 0. The molecule has 0 spiro atoms. The number of carboxylic acids is 2. The maximum atomic E-state index is 10.8. The zero-order valence-corrected chi connectivity index (χ0v) is 8.64. The van der Waals surface area contributed by atoms with Gasteiger partial charge in [0.05, 0.1) is 12.0 Å². The Labute approximate surface area is 92.7 Å². The molecule has 0 amide bonds. The maximum absolute atomic E-state index is 10.8. The predicted molar refractivity (Wildman–Crippen MR) is 57.4 cm³/mol. The average molecular weight is 223 g/mol. The van der Waals surface area contributed by atoms with E-state index in [0.717, 1.165) is 0 Å². The Bertz CT molecular complexity index is 389. The van der Waals surface area contributed by atoms with Crippen molar-refractivity contribution in [3.05, 3.63) is 35.4 Å². The van der Waals surface area contributed by atoms with Crippen molar-refractivity contribution in [2.75, 3.05) is 6.54 Å². The van der Waals surface area contributed by atoms with Gasteiger partial charge in [0.15, 0.2) is 0 Å². The molecule has 0 aliphatic rings. The van der Waals surface area contributed by atoms with Crippen LogP contribution in [0.4, 0.5) is 0 Å². The number of aromatic carboxylic acids is 1. The summed E-state index contributed by atoms with van der Waals surface area (Å²) in [5.74, 6) is -1.85. The average Bonchev–Trinajstić information content (AvgIpc) is 2.24. The van der Waals surface area contributed by atoms with Gasteiger partial charge in [-0.3, -0.25) is 4.79 Å². The summed E-state index contributed by atoms with van der Waals surface area (Å²) in [5, 5.41) is 20.2. The molecule has 0 heterocycles. The zero-order valence-electron chi connectivity index (χ0n) is 8.64. The predicted octanol–water partition coefficient (Wildman–Crippen LogP) is 0.949. The van der Waals surface area contributed by atoms with E-state index in [1.165, 1.54) is 6.07 Å². The summed E-state index contributed by atoms with van der Waals surface area (Å²) in [6.45, 7) is 0.680. The first-order valence-corrected chi connectivity index (χ1v) is 4.85. The molecule has 0 fully saturated rings. The van der Waals surface area contributed by atoms with E-state index >= 15 is 0 Å². The van der Waals surface area contributed by atoms with Gasteiger partial charge in [0.25, 0.3) is 0 Å². The lowest BCUT2D eigenvalue weighted by atomic mass is 10.1. The fourth-order valence-corrected chi connectivity index (χ4v) is 1.30. The first-order chi connectivity index (χ1) is 7.61. The lowest BCUT2D eigenvalue weighted by Gasteiger charge is -2.06. The van der Waals surface area contributed by atoms with Gasteiger partial charge in [-0.1, -0.05) is 18.2 Å². The number of carbonyl (C=O) groups is 2. The number of nitrogens with one attached hydrogen (secondary N) is 1. The highest BCUT2D eigenvalue weighted by Crippen LogP contribution is 2.08. The first kappa shape index (κ1) is 12.2. The normalized spacial score (nSPS) is 10.0. The molecule has 0 saturated heterocycles. The van der Waals surface area contributed by atoms with Gasteiger partial charge >= 0.3 is 11.9 Å². The Morgan fingerprint density at radius 1 is 1.19 bits per heavy atom. The van der Waals surface area contributed by atoms with Crippen LogP contribution >= 0.6 is 0 Å². The van der Waals surface area contributed by atoms with E-state index in [2.05, 4.69) is 5.32 Å². The van der Waals surface area contributed by atoms with Crippen LogP contribution in [0.15, 0.2) is 24.3 Å². The molecule has 0 atom stereocenters. The summed E-state index contributed by atoms with van der Waals surface area (Å²) in [4.78, 5) is 21.1. The lowest BCUT2D eigenvalue weighted by Crippen LogP contribution is -2.19. The molecule has 5 heteroatoms. The van der Waals surface area contributed by atoms with Gasteiger partial charge < -0.3 is 15.5 Å². The molecule has 0 radical (unpaired) electrons. The molecule has 1 aromatic carbocycles. The van der Waals surface area contributed by atoms with Crippen molar-refractivity contribution in [2.24, 2.45) is 0 Å². The minimum atomic E-state index is -0.976. The Hall–Kier alpha value is -1.88. The number of carboxylic acid groups (broad SMARTS) is 2. The van der Waals surface area contributed by atoms with Crippen LogP contribution in [0, 0.1) is 0 Å². The van der Waals surface area contributed by atoms with Gasteiger partial charge in [-0.05, 0) is 11.6 Å². The van der Waals surface area contributed by atoms with E-state index in [-0.39, 0.29) is 12.0 Å². The second kappa shape index (κ2) is 5.87. The topological polar surface area (TPSA) is 86.6 Å². The SMILES string of the molecule is O=C(O)CCNCc1ccccc1C(=O)O. The molecule has 0 unspecified atom stereocenters. The molecule has 0 saturated carbocycles. The summed E-state index contributed by atoms with van der Waals surface area (Å²) < 4.78 is 0. The molecule has 86 valence electrons. The Morgan fingerprint density at radius 2 is 1.88 bits per heavy atom. The maximum Gasteiger partial charge on any atom is 0.336 e. The Morgan fingerprint density at radius 3 is 2.50 bits per heavy atom. The second-order valence-electron chi connectivity index (χ2n) is 3.28. The molecule has 0 aromatic heterocycles. The van der Waals surface area contributed by atoms with Crippen molar-refractivity contribution in [2.45, 2.75) is 13.0 Å². The number of rotatable bonds is 6. The molecule has 0 bridgehead atoms. The van der Waals surface area contributed by atoms with Crippen LogP contribution in [0.25, 0.3) is 0 Å². The monoisotopic (exact) mass is 223 g/mol. The van der Waals surface area contributed by atoms with Crippen LogP contribution in [0.1, 0.15) is 22.3 Å². The number of benzene rings is 1. The van der Waals surface area contributed by atoms with Crippen molar-refractivity contribution in [1.29, 1.82) is 0 Å². The van der Waals surface area contributed by atoms with Crippen LogP contribution in [-0.4, -0.2) is 28.7 Å². The highest BCUT2D eigenvalue weighted by atomic mass is 16.4. The van der Waals surface area contributed by atoms with Crippen molar-refractivity contribution in [3.8, 4) is 0 Å². The van der Waals surface area contributed by atoms with E-state index < -0.39 is 11.9 Å². The standard InChI is InChI=1S/C11H13NO4/c13-10(14)5-6-12-7-8-3-1-2-4-9(8)11(15)16/h1-4,12H,5-7H2,(H,13,14)(H,15,16). The van der Waals surface area contributed by atoms with E-state index in [0.29, 0.717) is 18.7 Å². The van der Waals surface area contributed by atoms with Gasteiger partial charge in [-0.25, -0.2) is 4.79 Å². The first-order valence-electron chi connectivity index (χ1n) is 4.85. The molecule has 0 aliphatic heterocycles. The van der Waals surface area contributed by atoms with E-state index in [1.54, 1.807) is 18.2 Å². The van der Waals surface area contributed by atoms with Crippen LogP contribution in [0.3, 0.4) is 0 Å². The molecular formula is C11H13NO4. The van der Waals surface area contributed by atoms with Crippen LogP contribution in [0.5, 0.6) is 0 Å². The summed E-state index contributed by atoms with van der Waals surface area (Å²) in [5.41, 5.74) is 0.894. The summed E-state index contributed by atoms with van der Waals surface area (Å²) in [7, 11) is 0. The quantitative estimate of drug-likeness (QED) is 0.625. The van der Waals surface area contributed by atoms with E-state index in [9.17, 15) is 9.59 Å². The molecule has 1 aromatic rings. The molecule has 0 aliphatic carbocycles. The molecule has 16 heavy (non-hydrogen) atoms. The number of hydrogen-bond donors (Lipinski definition) is 3. The second-order valence-corrected chi connectivity index (χ2v) is 3.28. The Balaban J connectivity index is 2.53. The highest BCUT2D eigenvalue weighted by Gasteiger charge is 2.08. The minimum absolute atomic E-state index is 0.0231. The van der Waals surface area contributed by atoms with E-state index in [4.69, 9.17) is 10.2 Å². The number of aliphatic carboxylic acids is 1. The van der Waals surface area contributed by atoms with Crippen molar-refractivity contribution >= 4 is 11.9 Å². The molecular weight excluding hydrogens is 210 g/mol. The zero-order chi connectivity index (χ0) is 12.0. The summed E-state index contributed by atoms with van der Waals surface area (Å²) in [6.07, 6.45) is 0.0231. The lowest BCUT2D eigenvalue weighted by molar-refractivity contribution is -0.136. The van der Waals surface area contributed by atoms with Crippen molar-refractivity contribution < 1.29 is 19.8 Å². The fraction of sp³-hybridized carbons (Fsp3) is 0.273. The van der Waals surface area contributed by atoms with Crippen molar-refractivity contribution in [3.63, 3.8) is 0 Å². The fourth-order valence-electron chi connectivity index (χ4n) is 1.30. The van der Waals surface area contributed by atoms with Crippen molar-refractivity contribution in [1.82, 2.24) is 5.32 Å². The third kappa shape index (κ3) is 3.70. The van der Waals surface area contributed by atoms with Crippen LogP contribution in [0.2, 0.25) is 0 Å². The van der Waals surface area contributed by atoms with Gasteiger partial charge in [-0.2, -0.15) is 0 Å². The number of hydrogen-bond acceptors (Lipinski definition) is 3. The molecule has 1 rings (SSSR count). The van der Waals surface area contributed by atoms with Gasteiger partial charge in [-0.15, -0.1) is 0 Å². The van der Waals surface area contributed by atoms with Gasteiger partial charge in [0, 0.05) is 13.1 Å². The molecule has 5 nitrogen and oxygen atoms in total. The van der Waals surface area contributed by atoms with E-state index in [1.807, 2.05) is 0 Å². The largest absolute Gasteiger partial charge is 0.481 e. The minimum Gasteiger partial charge on any atom is -0.481 e. The van der Waals surface area contributed by atoms with Crippen LogP contribution < -0.4 is 5.32 Å². The third-order valence-corrected chi connectivity index (χ3v) is 2.08. The van der Waals surface area contributed by atoms with Crippen LogP contribution in [-0.2, 0) is 11.3 Å². The summed E-state index contributed by atoms with van der Waals surface area (Å²) in [6, 6.07) is 6.64.